The molecule has 0 spiro atoms. The van der Waals surface area contributed by atoms with Crippen molar-refractivity contribution in [1.82, 2.24) is 4.90 Å². The second kappa shape index (κ2) is 4.44. The molecule has 1 aliphatic carbocycles. The van der Waals surface area contributed by atoms with E-state index >= 15 is 0 Å². The standard InChI is InChI=1S/C13H21NO4/c1-13(2,3)18-12(16)14-8-5-6-9(10(14)7-8)11(15)17-4/h8-10H,5-7H2,1-4H3. The Labute approximate surface area is 107 Å². The van der Waals surface area contributed by atoms with Crippen LogP contribution in [0.2, 0.25) is 0 Å². The van der Waals surface area contributed by atoms with E-state index in [4.69, 9.17) is 9.47 Å². The molecule has 2 aliphatic heterocycles. The Balaban J connectivity index is 2.03. The summed E-state index contributed by atoms with van der Waals surface area (Å²) in [7, 11) is 1.39. The molecule has 2 bridgehead atoms. The first-order valence-electron chi connectivity index (χ1n) is 6.42. The first kappa shape index (κ1) is 13.2. The van der Waals surface area contributed by atoms with Crippen LogP contribution >= 0.6 is 0 Å². The zero-order valence-corrected chi connectivity index (χ0v) is 11.4. The van der Waals surface area contributed by atoms with E-state index in [0.717, 1.165) is 19.3 Å². The molecule has 3 rings (SSSR count). The minimum atomic E-state index is -0.498. The fourth-order valence-corrected chi connectivity index (χ4v) is 2.84. The zero-order valence-electron chi connectivity index (χ0n) is 11.4. The molecular formula is C13H21NO4. The van der Waals surface area contributed by atoms with E-state index in [-0.39, 0.29) is 30.1 Å². The van der Waals surface area contributed by atoms with Gasteiger partial charge in [-0.25, -0.2) is 4.79 Å². The van der Waals surface area contributed by atoms with Gasteiger partial charge < -0.3 is 14.4 Å². The summed E-state index contributed by atoms with van der Waals surface area (Å²) in [6.07, 6.45) is 2.24. The van der Waals surface area contributed by atoms with Crippen molar-refractivity contribution in [3.8, 4) is 0 Å². The third-order valence-corrected chi connectivity index (χ3v) is 3.65. The van der Waals surface area contributed by atoms with E-state index in [1.54, 1.807) is 4.90 Å². The molecule has 3 atom stereocenters. The second-order valence-electron chi connectivity index (χ2n) is 6.05. The van der Waals surface area contributed by atoms with Crippen LogP contribution in [0.3, 0.4) is 0 Å². The lowest BCUT2D eigenvalue weighted by Gasteiger charge is -2.54. The number of fused-ring (bicyclic) bond motifs is 2. The highest BCUT2D eigenvalue weighted by Gasteiger charge is 2.53. The number of ether oxygens (including phenoxy) is 2. The molecule has 1 amide bonds. The molecule has 0 radical (unpaired) electrons. The number of piperidine rings is 1. The molecule has 3 fully saturated rings. The zero-order chi connectivity index (χ0) is 13.5. The highest BCUT2D eigenvalue weighted by atomic mass is 16.6. The smallest absolute Gasteiger partial charge is 0.410 e. The Hall–Kier alpha value is -1.26. The lowest BCUT2D eigenvalue weighted by atomic mass is 9.73. The fourth-order valence-electron chi connectivity index (χ4n) is 2.84. The second-order valence-corrected chi connectivity index (χ2v) is 6.05. The van der Waals surface area contributed by atoms with Crippen LogP contribution in [0.1, 0.15) is 40.0 Å². The number of carbonyl (C=O) groups excluding carboxylic acids is 2. The minimum absolute atomic E-state index is 0.0361. The van der Waals surface area contributed by atoms with Crippen LogP contribution in [0.15, 0.2) is 0 Å². The maximum absolute atomic E-state index is 12.1. The first-order valence-corrected chi connectivity index (χ1v) is 6.42. The topological polar surface area (TPSA) is 55.8 Å². The number of carbonyl (C=O) groups is 2. The molecule has 5 nitrogen and oxygen atoms in total. The van der Waals surface area contributed by atoms with E-state index in [1.807, 2.05) is 20.8 Å². The predicted octanol–water partition coefficient (Wildman–Crippen LogP) is 1.95. The number of esters is 1. The highest BCUT2D eigenvalue weighted by Crippen LogP contribution is 2.43. The molecule has 0 N–H and O–H groups in total. The monoisotopic (exact) mass is 255 g/mol. The van der Waals surface area contributed by atoms with Crippen molar-refractivity contribution in [3.05, 3.63) is 0 Å². The maximum atomic E-state index is 12.1. The minimum Gasteiger partial charge on any atom is -0.469 e. The van der Waals surface area contributed by atoms with E-state index < -0.39 is 5.60 Å². The van der Waals surface area contributed by atoms with Crippen LogP contribution in [0.4, 0.5) is 4.79 Å². The van der Waals surface area contributed by atoms with E-state index in [0.29, 0.717) is 0 Å². The van der Waals surface area contributed by atoms with Crippen LogP contribution in [0.25, 0.3) is 0 Å². The van der Waals surface area contributed by atoms with Gasteiger partial charge in [-0.15, -0.1) is 0 Å². The van der Waals surface area contributed by atoms with Gasteiger partial charge in [-0.1, -0.05) is 0 Å². The Bertz CT molecular complexity index is 358. The van der Waals surface area contributed by atoms with Gasteiger partial charge in [0.25, 0.3) is 0 Å². The lowest BCUT2D eigenvalue weighted by Crippen LogP contribution is -2.66. The highest BCUT2D eigenvalue weighted by molar-refractivity contribution is 5.77. The molecule has 0 aromatic rings. The number of amides is 1. The van der Waals surface area contributed by atoms with Crippen molar-refractivity contribution in [3.63, 3.8) is 0 Å². The molecule has 5 heteroatoms. The van der Waals surface area contributed by atoms with Crippen molar-refractivity contribution in [2.24, 2.45) is 5.92 Å². The van der Waals surface area contributed by atoms with Gasteiger partial charge >= 0.3 is 12.1 Å². The predicted molar refractivity (Wildman–Crippen MR) is 65.0 cm³/mol. The summed E-state index contributed by atoms with van der Waals surface area (Å²) >= 11 is 0. The summed E-state index contributed by atoms with van der Waals surface area (Å²) in [4.78, 5) is 25.4. The summed E-state index contributed by atoms with van der Waals surface area (Å²) in [5.41, 5.74) is -0.498. The lowest BCUT2D eigenvalue weighted by molar-refractivity contribution is -0.157. The fraction of sp³-hybridized carbons (Fsp3) is 0.846. The number of hydrogen-bond acceptors (Lipinski definition) is 4. The van der Waals surface area contributed by atoms with Crippen LogP contribution < -0.4 is 0 Å². The third kappa shape index (κ3) is 2.31. The Morgan fingerprint density at radius 2 is 1.89 bits per heavy atom. The van der Waals surface area contributed by atoms with Crippen LogP contribution in [-0.4, -0.2) is 41.8 Å². The molecular weight excluding hydrogens is 234 g/mol. The van der Waals surface area contributed by atoms with Crippen LogP contribution in [-0.2, 0) is 14.3 Å². The Morgan fingerprint density at radius 3 is 2.39 bits per heavy atom. The molecule has 102 valence electrons. The van der Waals surface area contributed by atoms with Gasteiger partial charge in [0.15, 0.2) is 0 Å². The van der Waals surface area contributed by atoms with Gasteiger partial charge in [-0.05, 0) is 40.0 Å². The Kier molecular flexibility index (Phi) is 3.25. The molecule has 2 heterocycles. The number of methoxy groups -OCH3 is 1. The van der Waals surface area contributed by atoms with Gasteiger partial charge in [0, 0.05) is 6.04 Å². The van der Waals surface area contributed by atoms with Gasteiger partial charge in [-0.2, -0.15) is 0 Å². The SMILES string of the molecule is COC(=O)C1CCC2CC1N2C(=O)OC(C)(C)C. The van der Waals surface area contributed by atoms with Crippen molar-refractivity contribution in [2.75, 3.05) is 7.11 Å². The number of nitrogens with zero attached hydrogens (tertiary/aromatic N) is 1. The first-order chi connectivity index (χ1) is 8.33. The van der Waals surface area contributed by atoms with E-state index in [9.17, 15) is 9.59 Å². The van der Waals surface area contributed by atoms with Crippen LogP contribution in [0, 0.1) is 5.92 Å². The summed E-state index contributed by atoms with van der Waals surface area (Å²) in [6, 6.07) is 0.205. The summed E-state index contributed by atoms with van der Waals surface area (Å²) in [5.74, 6) is -0.403. The van der Waals surface area contributed by atoms with Gasteiger partial charge in [0.05, 0.1) is 19.1 Å². The Morgan fingerprint density at radius 1 is 1.22 bits per heavy atom. The molecule has 0 aromatic heterocycles. The number of rotatable bonds is 1. The normalized spacial score (nSPS) is 30.4. The van der Waals surface area contributed by atoms with E-state index in [2.05, 4.69) is 0 Å². The molecule has 3 aliphatic rings. The quantitative estimate of drug-likeness (QED) is 0.672. The largest absolute Gasteiger partial charge is 0.469 e. The van der Waals surface area contributed by atoms with E-state index in [1.165, 1.54) is 7.11 Å². The average Bonchev–Trinajstić information content (AvgIpc) is 2.25. The van der Waals surface area contributed by atoms with Gasteiger partial charge in [0.1, 0.15) is 5.60 Å². The van der Waals surface area contributed by atoms with Crippen molar-refractivity contribution in [2.45, 2.75) is 57.7 Å². The average molecular weight is 255 g/mol. The van der Waals surface area contributed by atoms with Crippen molar-refractivity contribution < 1.29 is 19.1 Å². The van der Waals surface area contributed by atoms with Crippen molar-refractivity contribution in [1.29, 1.82) is 0 Å². The molecule has 3 unspecified atom stereocenters. The molecule has 1 saturated carbocycles. The summed E-state index contributed by atoms with van der Waals surface area (Å²) in [6.45, 7) is 5.54. The summed E-state index contributed by atoms with van der Waals surface area (Å²) in [5, 5.41) is 0. The summed E-state index contributed by atoms with van der Waals surface area (Å²) < 4.78 is 10.2. The van der Waals surface area contributed by atoms with Crippen LogP contribution in [0.5, 0.6) is 0 Å². The third-order valence-electron chi connectivity index (χ3n) is 3.65. The molecule has 2 saturated heterocycles. The molecule has 0 aromatic carbocycles. The van der Waals surface area contributed by atoms with Gasteiger partial charge in [0.2, 0.25) is 0 Å². The maximum Gasteiger partial charge on any atom is 0.410 e. The number of hydrogen-bond donors (Lipinski definition) is 0. The van der Waals surface area contributed by atoms with Gasteiger partial charge in [-0.3, -0.25) is 4.79 Å². The van der Waals surface area contributed by atoms with Crippen molar-refractivity contribution >= 4 is 12.1 Å². The molecule has 18 heavy (non-hydrogen) atoms.